The molecule has 0 radical (unpaired) electrons. The fourth-order valence-corrected chi connectivity index (χ4v) is 3.58. The van der Waals surface area contributed by atoms with E-state index in [1.165, 1.54) is 17.5 Å². The fraction of sp³-hybridized carbons (Fsp3) is 0.294. The second kappa shape index (κ2) is 7.12. The van der Waals surface area contributed by atoms with E-state index < -0.39 is 17.6 Å². The van der Waals surface area contributed by atoms with Crippen LogP contribution in [0.5, 0.6) is 0 Å². The second-order valence-corrected chi connectivity index (χ2v) is 6.76. The highest BCUT2D eigenvalue weighted by Gasteiger charge is 2.23. The number of hydrogen-bond donors (Lipinski definition) is 1. The summed E-state index contributed by atoms with van der Waals surface area (Å²) in [5.41, 5.74) is 1.69. The van der Waals surface area contributed by atoms with Gasteiger partial charge >= 0.3 is 11.7 Å². The number of nitrogens with zero attached hydrogens (tertiary/aromatic N) is 2. The first-order valence-corrected chi connectivity index (χ1v) is 8.75. The van der Waals surface area contributed by atoms with Gasteiger partial charge in [-0.15, -0.1) is 11.3 Å². The maximum Gasteiger partial charge on any atom is 0.421 e. The average molecular weight is 375 g/mol. The highest BCUT2D eigenvalue weighted by molar-refractivity contribution is 7.16. The van der Waals surface area contributed by atoms with Gasteiger partial charge in [0.15, 0.2) is 11.2 Å². The minimum atomic E-state index is -0.669. The van der Waals surface area contributed by atoms with Gasteiger partial charge in [-0.1, -0.05) is 0 Å². The maximum absolute atomic E-state index is 12.4. The summed E-state index contributed by atoms with van der Waals surface area (Å²) in [6, 6.07) is 3.24. The number of fused-ring (bicyclic) bond motifs is 1. The van der Waals surface area contributed by atoms with E-state index in [0.29, 0.717) is 16.1 Å². The summed E-state index contributed by atoms with van der Waals surface area (Å²) >= 11 is 1.28. The van der Waals surface area contributed by atoms with Crippen LogP contribution in [0.1, 0.15) is 27.7 Å². The van der Waals surface area contributed by atoms with Crippen molar-refractivity contribution < 1.29 is 18.7 Å². The highest BCUT2D eigenvalue weighted by Crippen LogP contribution is 2.33. The quantitative estimate of drug-likeness (QED) is 0.687. The van der Waals surface area contributed by atoms with E-state index in [1.807, 2.05) is 6.92 Å². The smallest absolute Gasteiger partial charge is 0.421 e. The van der Waals surface area contributed by atoms with Gasteiger partial charge in [0.1, 0.15) is 11.5 Å². The molecule has 26 heavy (non-hydrogen) atoms. The number of thiophene rings is 1. The molecule has 3 rings (SSSR count). The zero-order valence-electron chi connectivity index (χ0n) is 14.5. The molecule has 3 aromatic rings. The SMILES string of the molecule is CCOC(=O)c1c(NC(=O)Cn2c(=O)oc3cccnc32)sc(C)c1C. The van der Waals surface area contributed by atoms with Gasteiger partial charge in [-0.05, 0) is 38.5 Å². The van der Waals surface area contributed by atoms with E-state index in [4.69, 9.17) is 9.15 Å². The Bertz CT molecular complexity index is 1050. The number of nitrogens with one attached hydrogen (secondary N) is 1. The molecule has 0 bridgehead atoms. The molecule has 1 N–H and O–H groups in total. The van der Waals surface area contributed by atoms with Crippen LogP contribution in [-0.2, 0) is 16.1 Å². The van der Waals surface area contributed by atoms with Crippen LogP contribution in [0.3, 0.4) is 0 Å². The minimum absolute atomic E-state index is 0.239. The number of esters is 1. The van der Waals surface area contributed by atoms with Crippen LogP contribution >= 0.6 is 11.3 Å². The van der Waals surface area contributed by atoms with Crippen LogP contribution < -0.4 is 11.1 Å². The third kappa shape index (κ3) is 3.25. The summed E-state index contributed by atoms with van der Waals surface area (Å²) in [7, 11) is 0. The van der Waals surface area contributed by atoms with E-state index in [0.717, 1.165) is 15.0 Å². The fourth-order valence-electron chi connectivity index (χ4n) is 2.51. The lowest BCUT2D eigenvalue weighted by atomic mass is 10.1. The zero-order valence-corrected chi connectivity index (χ0v) is 15.3. The Labute approximate surface area is 152 Å². The summed E-state index contributed by atoms with van der Waals surface area (Å²) in [5, 5.41) is 3.09. The van der Waals surface area contributed by atoms with E-state index in [9.17, 15) is 14.4 Å². The van der Waals surface area contributed by atoms with Crippen molar-refractivity contribution in [2.45, 2.75) is 27.3 Å². The number of rotatable bonds is 5. The second-order valence-electron chi connectivity index (χ2n) is 5.54. The molecule has 0 atom stereocenters. The summed E-state index contributed by atoms with van der Waals surface area (Å²) in [6.07, 6.45) is 1.51. The number of aryl methyl sites for hydroxylation is 1. The monoisotopic (exact) mass is 375 g/mol. The number of carbonyl (C=O) groups is 2. The van der Waals surface area contributed by atoms with Crippen molar-refractivity contribution in [2.24, 2.45) is 0 Å². The number of carbonyl (C=O) groups excluding carboxylic acids is 2. The summed E-state index contributed by atoms with van der Waals surface area (Å²) < 4.78 is 11.3. The van der Waals surface area contributed by atoms with E-state index in [2.05, 4.69) is 10.3 Å². The Morgan fingerprint density at radius 2 is 2.15 bits per heavy atom. The third-order valence-corrected chi connectivity index (χ3v) is 4.97. The molecule has 0 saturated heterocycles. The first-order valence-electron chi connectivity index (χ1n) is 7.93. The van der Waals surface area contributed by atoms with Crippen molar-refractivity contribution in [3.63, 3.8) is 0 Å². The van der Waals surface area contributed by atoms with E-state index >= 15 is 0 Å². The Hall–Kier alpha value is -2.94. The number of pyridine rings is 1. The topological polar surface area (TPSA) is 103 Å². The molecule has 0 unspecified atom stereocenters. The number of aromatic nitrogens is 2. The van der Waals surface area contributed by atoms with Gasteiger partial charge in [0.2, 0.25) is 5.91 Å². The van der Waals surface area contributed by atoms with Crippen LogP contribution in [0, 0.1) is 13.8 Å². The van der Waals surface area contributed by atoms with Gasteiger partial charge in [0.05, 0.1) is 12.2 Å². The van der Waals surface area contributed by atoms with Gasteiger partial charge < -0.3 is 14.5 Å². The number of hydrogen-bond acceptors (Lipinski definition) is 7. The Balaban J connectivity index is 1.87. The van der Waals surface area contributed by atoms with Crippen molar-refractivity contribution >= 4 is 39.4 Å². The molecule has 0 aliphatic carbocycles. The molecular weight excluding hydrogens is 358 g/mol. The third-order valence-electron chi connectivity index (χ3n) is 3.84. The minimum Gasteiger partial charge on any atom is -0.462 e. The Morgan fingerprint density at radius 1 is 1.38 bits per heavy atom. The predicted octanol–water partition coefficient (Wildman–Crippen LogP) is 2.48. The molecule has 0 aliphatic heterocycles. The maximum atomic E-state index is 12.4. The average Bonchev–Trinajstić information content (AvgIpc) is 3.05. The van der Waals surface area contributed by atoms with Crippen LogP contribution in [0.15, 0.2) is 27.5 Å². The number of ether oxygens (including phenoxy) is 1. The van der Waals surface area contributed by atoms with Crippen molar-refractivity contribution in [1.82, 2.24) is 9.55 Å². The molecule has 0 spiro atoms. The first kappa shape index (κ1) is 17.9. The molecule has 136 valence electrons. The Kier molecular flexibility index (Phi) is 4.90. The summed E-state index contributed by atoms with van der Waals surface area (Å²) in [5.74, 6) is -1.62. The van der Waals surface area contributed by atoms with Crippen LogP contribution in [0.2, 0.25) is 0 Å². The van der Waals surface area contributed by atoms with Gasteiger partial charge in [-0.25, -0.2) is 19.1 Å². The van der Waals surface area contributed by atoms with Crippen molar-refractivity contribution in [3.05, 3.63) is 44.9 Å². The number of amides is 1. The highest BCUT2D eigenvalue weighted by atomic mass is 32.1. The standard InChI is InChI=1S/C17H17N3O5S/c1-4-24-16(22)13-9(2)10(3)26-15(13)19-12(21)8-20-14-11(25-17(20)23)6-5-7-18-14/h5-7H,4,8H2,1-3H3,(H,19,21). The van der Waals surface area contributed by atoms with Crippen molar-refractivity contribution in [1.29, 1.82) is 0 Å². The molecule has 1 amide bonds. The molecule has 0 saturated carbocycles. The molecule has 0 aromatic carbocycles. The van der Waals surface area contributed by atoms with Gasteiger partial charge in [0, 0.05) is 11.1 Å². The zero-order chi connectivity index (χ0) is 18.8. The van der Waals surface area contributed by atoms with Crippen molar-refractivity contribution in [2.75, 3.05) is 11.9 Å². The van der Waals surface area contributed by atoms with Crippen LogP contribution in [-0.4, -0.2) is 28.0 Å². The first-order chi connectivity index (χ1) is 12.4. The van der Waals surface area contributed by atoms with Gasteiger partial charge in [-0.3, -0.25) is 4.79 Å². The van der Waals surface area contributed by atoms with Crippen LogP contribution in [0.4, 0.5) is 5.00 Å². The summed E-state index contributed by atoms with van der Waals surface area (Å²) in [4.78, 5) is 41.5. The lowest BCUT2D eigenvalue weighted by Gasteiger charge is -2.07. The molecule has 8 nitrogen and oxygen atoms in total. The molecule has 3 aromatic heterocycles. The van der Waals surface area contributed by atoms with Gasteiger partial charge in [0.25, 0.3) is 0 Å². The number of oxazole rings is 1. The largest absolute Gasteiger partial charge is 0.462 e. The van der Waals surface area contributed by atoms with E-state index in [1.54, 1.807) is 26.0 Å². The molecule has 0 fully saturated rings. The number of anilines is 1. The molecule has 9 heteroatoms. The predicted molar refractivity (Wildman–Crippen MR) is 96.6 cm³/mol. The van der Waals surface area contributed by atoms with Crippen LogP contribution in [0.25, 0.3) is 11.2 Å². The lowest BCUT2D eigenvalue weighted by Crippen LogP contribution is -2.25. The summed E-state index contributed by atoms with van der Waals surface area (Å²) in [6.45, 7) is 5.33. The molecule has 3 heterocycles. The molecular formula is C17H17N3O5S. The Morgan fingerprint density at radius 3 is 2.88 bits per heavy atom. The lowest BCUT2D eigenvalue weighted by molar-refractivity contribution is -0.116. The molecule has 0 aliphatic rings. The van der Waals surface area contributed by atoms with Gasteiger partial charge in [-0.2, -0.15) is 0 Å². The van der Waals surface area contributed by atoms with E-state index in [-0.39, 0.29) is 18.8 Å². The van der Waals surface area contributed by atoms with Crippen molar-refractivity contribution in [3.8, 4) is 0 Å². The normalized spacial score (nSPS) is 10.9.